The van der Waals surface area contributed by atoms with Crippen molar-refractivity contribution >= 4 is 40.5 Å². The zero-order valence-electron chi connectivity index (χ0n) is 19.4. The maximum Gasteiger partial charge on any atom is 0.305 e. The SMILES string of the molecule is CC(C)C(=O)CCC(CC(=O)O)NC(=O)c1ccc(NCc2cnc3nc(N)[nH]c(=O)c3n2)cc1. The number of hydrogen-bond donors (Lipinski definition) is 5. The van der Waals surface area contributed by atoms with Gasteiger partial charge in [-0.25, -0.2) is 9.97 Å². The predicted molar refractivity (Wildman–Crippen MR) is 129 cm³/mol. The fourth-order valence-corrected chi connectivity index (χ4v) is 3.30. The van der Waals surface area contributed by atoms with Crippen molar-refractivity contribution in [2.75, 3.05) is 11.1 Å². The van der Waals surface area contributed by atoms with Crippen LogP contribution in [0, 0.1) is 5.92 Å². The van der Waals surface area contributed by atoms with E-state index in [2.05, 4.69) is 30.6 Å². The maximum absolute atomic E-state index is 12.6. The van der Waals surface area contributed by atoms with Crippen LogP contribution < -0.4 is 21.9 Å². The number of nitrogens with two attached hydrogens (primary N) is 1. The highest BCUT2D eigenvalue weighted by molar-refractivity contribution is 5.95. The van der Waals surface area contributed by atoms with Gasteiger partial charge in [0.05, 0.1) is 24.9 Å². The average molecular weight is 482 g/mol. The molecule has 0 bridgehead atoms. The Morgan fingerprint density at radius 3 is 2.51 bits per heavy atom. The number of carboxylic acid groups (broad SMARTS) is 1. The highest BCUT2D eigenvalue weighted by Crippen LogP contribution is 2.13. The molecule has 0 saturated carbocycles. The number of anilines is 2. The first kappa shape index (κ1) is 25.3. The number of carbonyl (C=O) groups excluding carboxylic acids is 2. The van der Waals surface area contributed by atoms with Crippen molar-refractivity contribution in [2.24, 2.45) is 5.92 Å². The summed E-state index contributed by atoms with van der Waals surface area (Å²) >= 11 is 0. The van der Waals surface area contributed by atoms with E-state index in [1.54, 1.807) is 38.1 Å². The lowest BCUT2D eigenvalue weighted by atomic mass is 9.99. The van der Waals surface area contributed by atoms with Crippen LogP contribution in [0.15, 0.2) is 35.3 Å². The summed E-state index contributed by atoms with van der Waals surface area (Å²) in [6.45, 7) is 3.83. The molecule has 0 aliphatic rings. The summed E-state index contributed by atoms with van der Waals surface area (Å²) < 4.78 is 0. The second-order valence-corrected chi connectivity index (χ2v) is 8.34. The third-order valence-corrected chi connectivity index (χ3v) is 5.25. The summed E-state index contributed by atoms with van der Waals surface area (Å²) in [5, 5.41) is 15.0. The van der Waals surface area contributed by atoms with Crippen LogP contribution in [0.4, 0.5) is 11.6 Å². The molecule has 0 spiro atoms. The Bertz CT molecular complexity index is 1290. The van der Waals surface area contributed by atoms with Crippen LogP contribution in [-0.2, 0) is 16.1 Å². The zero-order chi connectivity index (χ0) is 25.5. The number of benzene rings is 1. The van der Waals surface area contributed by atoms with Crippen molar-refractivity contribution in [1.29, 1.82) is 0 Å². The molecule has 2 heterocycles. The summed E-state index contributed by atoms with van der Waals surface area (Å²) in [4.78, 5) is 62.3. The van der Waals surface area contributed by atoms with Gasteiger partial charge in [0.1, 0.15) is 5.78 Å². The molecular weight excluding hydrogens is 454 g/mol. The molecule has 1 aromatic carbocycles. The molecule has 0 aliphatic heterocycles. The third kappa shape index (κ3) is 7.06. The standard InChI is InChI=1S/C23H27N7O5/c1-12(2)17(31)8-7-15(9-18(32)33)28-21(34)13-3-5-14(6-4-13)25-10-16-11-26-20-19(27-16)22(35)30-23(24)29-20/h3-6,11-12,15,25H,7-10H2,1-2H3,(H,28,34)(H,32,33)(H3,24,26,29,30,35). The van der Waals surface area contributed by atoms with Gasteiger partial charge in [0, 0.05) is 29.6 Å². The highest BCUT2D eigenvalue weighted by atomic mass is 16.4. The van der Waals surface area contributed by atoms with E-state index in [4.69, 9.17) is 10.8 Å². The smallest absolute Gasteiger partial charge is 0.305 e. The zero-order valence-corrected chi connectivity index (χ0v) is 19.4. The fourth-order valence-electron chi connectivity index (χ4n) is 3.30. The molecule has 0 aliphatic carbocycles. The van der Waals surface area contributed by atoms with E-state index in [1.165, 1.54) is 6.20 Å². The van der Waals surface area contributed by atoms with Crippen LogP contribution in [0.3, 0.4) is 0 Å². The fraction of sp³-hybridized carbons (Fsp3) is 0.348. The summed E-state index contributed by atoms with van der Waals surface area (Å²) in [6.07, 6.45) is 1.67. The van der Waals surface area contributed by atoms with Crippen LogP contribution in [0.2, 0.25) is 0 Å². The van der Waals surface area contributed by atoms with Gasteiger partial charge in [-0.05, 0) is 30.7 Å². The Kier molecular flexibility index (Phi) is 8.08. The minimum atomic E-state index is -1.05. The number of fused-ring (bicyclic) bond motifs is 1. The van der Waals surface area contributed by atoms with Gasteiger partial charge in [0.2, 0.25) is 5.95 Å². The minimum absolute atomic E-state index is 0.0196. The topological polar surface area (TPSA) is 193 Å². The van der Waals surface area contributed by atoms with Gasteiger partial charge >= 0.3 is 5.97 Å². The third-order valence-electron chi connectivity index (χ3n) is 5.25. The summed E-state index contributed by atoms with van der Waals surface area (Å²) in [5.41, 5.74) is 6.80. The number of nitrogens with one attached hydrogen (secondary N) is 3. The number of aliphatic carboxylic acids is 1. The molecule has 6 N–H and O–H groups in total. The maximum atomic E-state index is 12.6. The van der Waals surface area contributed by atoms with Crippen molar-refractivity contribution in [3.05, 3.63) is 52.1 Å². The molecule has 35 heavy (non-hydrogen) atoms. The summed E-state index contributed by atoms with van der Waals surface area (Å²) in [6, 6.07) is 5.91. The highest BCUT2D eigenvalue weighted by Gasteiger charge is 2.19. The molecule has 0 saturated heterocycles. The number of carbonyl (C=O) groups is 3. The van der Waals surface area contributed by atoms with Crippen LogP contribution in [0.5, 0.6) is 0 Å². The first-order valence-electron chi connectivity index (χ1n) is 11.0. The van der Waals surface area contributed by atoms with E-state index >= 15 is 0 Å². The van der Waals surface area contributed by atoms with Crippen molar-refractivity contribution in [1.82, 2.24) is 25.3 Å². The van der Waals surface area contributed by atoms with Gasteiger partial charge in [-0.15, -0.1) is 0 Å². The van der Waals surface area contributed by atoms with Gasteiger partial charge in [-0.1, -0.05) is 13.8 Å². The average Bonchev–Trinajstić information content (AvgIpc) is 2.81. The number of nitrogen functional groups attached to an aromatic ring is 1. The number of ketones is 1. The Balaban J connectivity index is 1.60. The molecule has 12 nitrogen and oxygen atoms in total. The van der Waals surface area contributed by atoms with E-state index in [9.17, 15) is 19.2 Å². The Labute approximate surface area is 200 Å². The summed E-state index contributed by atoms with van der Waals surface area (Å²) in [7, 11) is 0. The molecule has 1 atom stereocenters. The Morgan fingerprint density at radius 1 is 1.14 bits per heavy atom. The second kappa shape index (κ2) is 11.2. The van der Waals surface area contributed by atoms with Crippen LogP contribution in [0.25, 0.3) is 11.2 Å². The number of amides is 1. The Morgan fingerprint density at radius 2 is 1.86 bits per heavy atom. The van der Waals surface area contributed by atoms with E-state index in [1.807, 2.05) is 0 Å². The summed E-state index contributed by atoms with van der Waals surface area (Å²) in [5.74, 6) is -1.64. The first-order chi connectivity index (χ1) is 16.6. The molecule has 1 amide bonds. The minimum Gasteiger partial charge on any atom is -0.481 e. The lowest BCUT2D eigenvalue weighted by Gasteiger charge is -2.17. The number of aromatic nitrogens is 4. The normalized spacial score (nSPS) is 11.9. The largest absolute Gasteiger partial charge is 0.481 e. The van der Waals surface area contributed by atoms with Crippen LogP contribution >= 0.6 is 0 Å². The lowest BCUT2D eigenvalue weighted by Crippen LogP contribution is -2.37. The molecule has 3 aromatic rings. The van der Waals surface area contributed by atoms with Crippen molar-refractivity contribution < 1.29 is 19.5 Å². The number of rotatable bonds is 11. The number of hydrogen-bond acceptors (Lipinski definition) is 9. The van der Waals surface area contributed by atoms with Crippen molar-refractivity contribution in [2.45, 2.75) is 45.7 Å². The predicted octanol–water partition coefficient (Wildman–Crippen LogP) is 1.49. The number of H-pyrrole nitrogens is 1. The molecule has 0 radical (unpaired) electrons. The first-order valence-corrected chi connectivity index (χ1v) is 11.0. The van der Waals surface area contributed by atoms with Gasteiger partial charge in [0.25, 0.3) is 11.5 Å². The molecule has 3 rings (SSSR count). The lowest BCUT2D eigenvalue weighted by molar-refractivity contribution is -0.137. The van der Waals surface area contributed by atoms with E-state index < -0.39 is 23.5 Å². The molecule has 0 fully saturated rings. The number of carboxylic acids is 1. The van der Waals surface area contributed by atoms with Crippen LogP contribution in [0.1, 0.15) is 49.2 Å². The van der Waals surface area contributed by atoms with Crippen molar-refractivity contribution in [3.63, 3.8) is 0 Å². The van der Waals surface area contributed by atoms with Gasteiger partial charge in [0.15, 0.2) is 11.2 Å². The number of aromatic amines is 1. The molecular formula is C23H27N7O5. The van der Waals surface area contributed by atoms with E-state index in [0.29, 0.717) is 16.9 Å². The van der Waals surface area contributed by atoms with Crippen molar-refractivity contribution in [3.8, 4) is 0 Å². The van der Waals surface area contributed by atoms with Gasteiger partial charge < -0.3 is 21.5 Å². The molecule has 2 aromatic heterocycles. The molecule has 12 heteroatoms. The van der Waals surface area contributed by atoms with Crippen LogP contribution in [-0.4, -0.2) is 48.7 Å². The monoisotopic (exact) mass is 481 g/mol. The molecule has 184 valence electrons. The number of nitrogens with zero attached hydrogens (tertiary/aromatic N) is 3. The second-order valence-electron chi connectivity index (χ2n) is 8.34. The molecule has 1 unspecified atom stereocenters. The van der Waals surface area contributed by atoms with Gasteiger partial charge in [-0.3, -0.25) is 24.2 Å². The van der Waals surface area contributed by atoms with E-state index in [-0.39, 0.29) is 54.6 Å². The van der Waals surface area contributed by atoms with E-state index in [0.717, 1.165) is 0 Å². The Hall–Kier alpha value is -4.35. The quantitative estimate of drug-likeness (QED) is 0.268. The van der Waals surface area contributed by atoms with Gasteiger partial charge in [-0.2, -0.15) is 4.98 Å². The number of Topliss-reactive ketones (excluding diaryl/α,β-unsaturated/α-hetero) is 1.